The second-order valence-electron chi connectivity index (χ2n) is 11.7. The fraction of sp³-hybridized carbons (Fsp3) is 0.0488. The number of hydrogen-bond donors (Lipinski definition) is 2. The Hall–Kier alpha value is -5.29. The molecule has 0 spiro atoms. The standard InChI is InChI=1S/C41H29N3S/c1-3-10-30-24-32(22-18-26(30)8-1)28-16-20-29(21-17-28)39-42-40(33-23-19-27-9-2-4-11-31(27)25-33)44-41(43-39)35-13-7-15-37-38(35)34-12-5-6-14-36(34)45-37/h1-25,39,41,43H,(H,42,44). The number of aliphatic imine (C=N–C) groups is 1. The monoisotopic (exact) mass is 595 g/mol. The summed E-state index contributed by atoms with van der Waals surface area (Å²) >= 11 is 1.85. The molecule has 7 aromatic carbocycles. The van der Waals surface area contributed by atoms with Gasteiger partial charge in [-0.15, -0.1) is 11.3 Å². The van der Waals surface area contributed by atoms with Gasteiger partial charge in [-0.05, 0) is 68.1 Å². The molecule has 1 aliphatic rings. The maximum Gasteiger partial charge on any atom is 0.131 e. The summed E-state index contributed by atoms with van der Waals surface area (Å²) < 4.78 is 2.60. The van der Waals surface area contributed by atoms with Crippen molar-refractivity contribution in [3.05, 3.63) is 168 Å². The lowest BCUT2D eigenvalue weighted by molar-refractivity contribution is 0.411. The van der Waals surface area contributed by atoms with Crippen molar-refractivity contribution in [1.82, 2.24) is 10.6 Å². The zero-order valence-electron chi connectivity index (χ0n) is 24.4. The molecule has 0 aliphatic carbocycles. The number of nitrogens with zero attached hydrogens (tertiary/aromatic N) is 1. The molecule has 0 radical (unpaired) electrons. The van der Waals surface area contributed by atoms with Gasteiger partial charge in [0.25, 0.3) is 0 Å². The number of nitrogens with one attached hydrogen (secondary N) is 2. The first-order valence-corrected chi connectivity index (χ1v) is 16.2. The van der Waals surface area contributed by atoms with Gasteiger partial charge in [-0.25, -0.2) is 4.99 Å². The molecule has 9 rings (SSSR count). The molecular formula is C41H29N3S. The molecular weight excluding hydrogens is 567 g/mol. The van der Waals surface area contributed by atoms with Crippen molar-refractivity contribution in [1.29, 1.82) is 0 Å². The van der Waals surface area contributed by atoms with Crippen LogP contribution in [0, 0.1) is 0 Å². The molecule has 0 saturated heterocycles. The lowest BCUT2D eigenvalue weighted by atomic mass is 9.98. The normalized spacial score (nSPS) is 16.7. The van der Waals surface area contributed by atoms with Crippen molar-refractivity contribution in [3.63, 3.8) is 0 Å². The molecule has 2 unspecified atom stereocenters. The molecule has 0 amide bonds. The van der Waals surface area contributed by atoms with Gasteiger partial charge in [0.05, 0.1) is 0 Å². The van der Waals surface area contributed by atoms with Gasteiger partial charge >= 0.3 is 0 Å². The van der Waals surface area contributed by atoms with Gasteiger partial charge in [-0.3, -0.25) is 5.32 Å². The average Bonchev–Trinajstić information content (AvgIpc) is 3.50. The minimum Gasteiger partial charge on any atom is -0.350 e. The van der Waals surface area contributed by atoms with Gasteiger partial charge in [-0.2, -0.15) is 0 Å². The zero-order valence-corrected chi connectivity index (χ0v) is 25.3. The van der Waals surface area contributed by atoms with E-state index in [1.165, 1.54) is 58.4 Å². The van der Waals surface area contributed by atoms with Crippen LogP contribution in [0.2, 0.25) is 0 Å². The molecule has 8 aromatic rings. The molecule has 0 saturated carbocycles. The summed E-state index contributed by atoms with van der Waals surface area (Å²) in [5.74, 6) is 0.893. The molecule has 4 heteroatoms. The smallest absolute Gasteiger partial charge is 0.131 e. The topological polar surface area (TPSA) is 36.4 Å². The summed E-state index contributed by atoms with van der Waals surface area (Å²) in [6.45, 7) is 0. The van der Waals surface area contributed by atoms with Crippen LogP contribution in [0.1, 0.15) is 29.0 Å². The van der Waals surface area contributed by atoms with Crippen molar-refractivity contribution >= 4 is 58.9 Å². The molecule has 214 valence electrons. The zero-order chi connectivity index (χ0) is 29.7. The van der Waals surface area contributed by atoms with Crippen molar-refractivity contribution < 1.29 is 0 Å². The van der Waals surface area contributed by atoms with Crippen LogP contribution >= 0.6 is 11.3 Å². The highest BCUT2D eigenvalue weighted by molar-refractivity contribution is 7.25. The van der Waals surface area contributed by atoms with Crippen LogP contribution in [-0.2, 0) is 0 Å². The highest BCUT2D eigenvalue weighted by atomic mass is 32.1. The second-order valence-corrected chi connectivity index (χ2v) is 12.8. The molecule has 2 heterocycles. The molecule has 2 N–H and O–H groups in total. The Bertz CT molecular complexity index is 2400. The molecule has 1 aliphatic heterocycles. The maximum atomic E-state index is 5.28. The van der Waals surface area contributed by atoms with Crippen LogP contribution < -0.4 is 10.6 Å². The Balaban J connectivity index is 1.14. The van der Waals surface area contributed by atoms with Gasteiger partial charge in [0.1, 0.15) is 18.2 Å². The van der Waals surface area contributed by atoms with Crippen LogP contribution in [0.5, 0.6) is 0 Å². The van der Waals surface area contributed by atoms with Crippen molar-refractivity contribution in [2.75, 3.05) is 0 Å². The van der Waals surface area contributed by atoms with Crippen molar-refractivity contribution in [2.24, 2.45) is 4.99 Å². The minimum atomic E-state index is -0.219. The van der Waals surface area contributed by atoms with Gasteiger partial charge in [-0.1, -0.05) is 127 Å². The molecule has 0 fully saturated rings. The van der Waals surface area contributed by atoms with Crippen molar-refractivity contribution in [2.45, 2.75) is 12.3 Å². The van der Waals surface area contributed by atoms with Crippen LogP contribution in [0.3, 0.4) is 0 Å². The molecule has 2 atom stereocenters. The van der Waals surface area contributed by atoms with E-state index in [-0.39, 0.29) is 12.3 Å². The number of rotatable bonds is 4. The third-order valence-corrected chi connectivity index (χ3v) is 10.1. The van der Waals surface area contributed by atoms with E-state index in [0.717, 1.165) is 17.0 Å². The Morgan fingerprint density at radius 2 is 1.13 bits per heavy atom. The molecule has 1 aromatic heterocycles. The predicted molar refractivity (Wildman–Crippen MR) is 191 cm³/mol. The average molecular weight is 596 g/mol. The summed E-state index contributed by atoms with van der Waals surface area (Å²) in [6, 6.07) is 54.5. The van der Waals surface area contributed by atoms with Crippen LogP contribution in [0.4, 0.5) is 0 Å². The van der Waals surface area contributed by atoms with Crippen molar-refractivity contribution in [3.8, 4) is 11.1 Å². The van der Waals surface area contributed by atoms with Gasteiger partial charge in [0.2, 0.25) is 0 Å². The summed E-state index contributed by atoms with van der Waals surface area (Å²) in [5, 5.41) is 15.2. The van der Waals surface area contributed by atoms with Gasteiger partial charge in [0.15, 0.2) is 0 Å². The van der Waals surface area contributed by atoms with E-state index in [0.29, 0.717) is 0 Å². The number of fused-ring (bicyclic) bond motifs is 5. The minimum absolute atomic E-state index is 0.129. The summed E-state index contributed by atoms with van der Waals surface area (Å²) in [5.41, 5.74) is 5.86. The first-order chi connectivity index (χ1) is 22.3. The van der Waals surface area contributed by atoms with Gasteiger partial charge in [0, 0.05) is 25.7 Å². The fourth-order valence-corrected chi connectivity index (χ4v) is 7.78. The summed E-state index contributed by atoms with van der Waals surface area (Å²) in [7, 11) is 0. The third-order valence-electron chi connectivity index (χ3n) is 8.94. The Kier molecular flexibility index (Phi) is 6.22. The van der Waals surface area contributed by atoms with Gasteiger partial charge < -0.3 is 5.32 Å². The fourth-order valence-electron chi connectivity index (χ4n) is 6.64. The number of amidine groups is 1. The quantitative estimate of drug-likeness (QED) is 0.212. The largest absolute Gasteiger partial charge is 0.350 e. The molecule has 0 bridgehead atoms. The predicted octanol–water partition coefficient (Wildman–Crippen LogP) is 10.4. The first-order valence-electron chi connectivity index (χ1n) is 15.4. The van der Waals surface area contributed by atoms with E-state index in [4.69, 9.17) is 4.99 Å². The van der Waals surface area contributed by atoms with E-state index in [1.807, 2.05) is 11.3 Å². The van der Waals surface area contributed by atoms with E-state index in [2.05, 4.69) is 162 Å². The second kappa shape index (κ2) is 10.7. The number of benzene rings is 7. The molecule has 45 heavy (non-hydrogen) atoms. The Morgan fingerprint density at radius 1 is 0.511 bits per heavy atom. The van der Waals surface area contributed by atoms with E-state index >= 15 is 0 Å². The van der Waals surface area contributed by atoms with Crippen LogP contribution in [-0.4, -0.2) is 5.84 Å². The number of hydrogen-bond acceptors (Lipinski definition) is 4. The van der Waals surface area contributed by atoms with Crippen LogP contribution in [0.25, 0.3) is 52.8 Å². The van der Waals surface area contributed by atoms with E-state index in [1.54, 1.807) is 0 Å². The first kappa shape index (κ1) is 26.1. The summed E-state index contributed by atoms with van der Waals surface area (Å²) in [4.78, 5) is 5.28. The summed E-state index contributed by atoms with van der Waals surface area (Å²) in [6.07, 6.45) is -0.348. The highest BCUT2D eigenvalue weighted by Crippen LogP contribution is 2.39. The lowest BCUT2D eigenvalue weighted by Crippen LogP contribution is -2.45. The lowest BCUT2D eigenvalue weighted by Gasteiger charge is -2.32. The third kappa shape index (κ3) is 4.67. The SMILES string of the molecule is c1ccc2cc(C3=NC(c4ccc(-c5ccc6ccccc6c5)cc4)NC(c4cccc5sc6ccccc6c45)N3)ccc2c1. The Morgan fingerprint density at radius 3 is 1.91 bits per heavy atom. The number of thiophene rings is 1. The highest BCUT2D eigenvalue weighted by Gasteiger charge is 2.27. The van der Waals surface area contributed by atoms with E-state index in [9.17, 15) is 0 Å². The Labute approximate surface area is 265 Å². The van der Waals surface area contributed by atoms with E-state index < -0.39 is 0 Å². The van der Waals surface area contributed by atoms with Crippen LogP contribution in [0.15, 0.2) is 157 Å². The molecule has 3 nitrogen and oxygen atoms in total. The maximum absolute atomic E-state index is 5.28.